The lowest BCUT2D eigenvalue weighted by Crippen LogP contribution is -2.44. The molecule has 1 atom stereocenters. The fourth-order valence-electron chi connectivity index (χ4n) is 2.55. The molecule has 16 heavy (non-hydrogen) atoms. The Hall–Kier alpha value is -0.610. The fourth-order valence-corrected chi connectivity index (χ4v) is 2.55. The SMILES string of the molecule is O=C(NCCN1CCCCC1)C1CCCN1. The topological polar surface area (TPSA) is 44.4 Å². The van der Waals surface area contributed by atoms with E-state index in [-0.39, 0.29) is 11.9 Å². The van der Waals surface area contributed by atoms with Crippen molar-refractivity contribution in [1.82, 2.24) is 15.5 Å². The molecule has 0 saturated carbocycles. The number of amides is 1. The summed E-state index contributed by atoms with van der Waals surface area (Å²) in [7, 11) is 0. The maximum Gasteiger partial charge on any atom is 0.237 e. The van der Waals surface area contributed by atoms with E-state index in [9.17, 15) is 4.79 Å². The van der Waals surface area contributed by atoms with Crippen LogP contribution >= 0.6 is 0 Å². The molecule has 2 heterocycles. The molecule has 2 aliphatic heterocycles. The van der Waals surface area contributed by atoms with E-state index < -0.39 is 0 Å². The first kappa shape index (κ1) is 11.9. The minimum absolute atomic E-state index is 0.0707. The molecule has 2 saturated heterocycles. The van der Waals surface area contributed by atoms with Gasteiger partial charge in [0.2, 0.25) is 5.91 Å². The summed E-state index contributed by atoms with van der Waals surface area (Å²) in [5.74, 6) is 0.189. The summed E-state index contributed by atoms with van der Waals surface area (Å²) in [4.78, 5) is 14.1. The molecule has 2 rings (SSSR count). The van der Waals surface area contributed by atoms with Crippen molar-refractivity contribution >= 4 is 5.91 Å². The zero-order valence-corrected chi connectivity index (χ0v) is 10.0. The van der Waals surface area contributed by atoms with Gasteiger partial charge in [0.15, 0.2) is 0 Å². The number of carbonyl (C=O) groups excluding carboxylic acids is 1. The van der Waals surface area contributed by atoms with E-state index in [1.54, 1.807) is 0 Å². The van der Waals surface area contributed by atoms with Crippen LogP contribution in [0.2, 0.25) is 0 Å². The van der Waals surface area contributed by atoms with Crippen molar-refractivity contribution in [2.75, 3.05) is 32.7 Å². The summed E-state index contributed by atoms with van der Waals surface area (Å²) in [6, 6.07) is 0.0707. The number of carbonyl (C=O) groups is 1. The fraction of sp³-hybridized carbons (Fsp3) is 0.917. The van der Waals surface area contributed by atoms with Crippen LogP contribution in [0.4, 0.5) is 0 Å². The number of hydrogen-bond acceptors (Lipinski definition) is 3. The zero-order valence-electron chi connectivity index (χ0n) is 10.0. The Bertz CT molecular complexity index is 220. The lowest BCUT2D eigenvalue weighted by Gasteiger charge is -2.26. The van der Waals surface area contributed by atoms with E-state index in [0.717, 1.165) is 32.5 Å². The molecule has 0 bridgehead atoms. The average molecular weight is 225 g/mol. The van der Waals surface area contributed by atoms with Crippen molar-refractivity contribution in [3.63, 3.8) is 0 Å². The minimum Gasteiger partial charge on any atom is -0.353 e. The molecular weight excluding hydrogens is 202 g/mol. The van der Waals surface area contributed by atoms with Gasteiger partial charge in [0.05, 0.1) is 6.04 Å². The Morgan fingerprint density at radius 3 is 2.75 bits per heavy atom. The third kappa shape index (κ3) is 3.46. The van der Waals surface area contributed by atoms with Crippen LogP contribution in [0.15, 0.2) is 0 Å². The summed E-state index contributed by atoms with van der Waals surface area (Å²) < 4.78 is 0. The highest BCUT2D eigenvalue weighted by Crippen LogP contribution is 2.07. The Balaban J connectivity index is 1.57. The van der Waals surface area contributed by atoms with Gasteiger partial charge in [-0.15, -0.1) is 0 Å². The molecule has 0 aromatic rings. The standard InChI is InChI=1S/C12H23N3O/c16-12(11-5-4-6-13-11)14-7-10-15-8-2-1-3-9-15/h11,13H,1-10H2,(H,14,16). The van der Waals surface area contributed by atoms with Gasteiger partial charge in [-0.3, -0.25) is 4.79 Å². The third-order valence-electron chi connectivity index (χ3n) is 3.55. The van der Waals surface area contributed by atoms with Gasteiger partial charge in [0.1, 0.15) is 0 Å². The first-order valence-electron chi connectivity index (χ1n) is 6.60. The lowest BCUT2D eigenvalue weighted by molar-refractivity contribution is -0.122. The number of nitrogens with one attached hydrogen (secondary N) is 2. The molecular formula is C12H23N3O. The predicted molar refractivity (Wildman–Crippen MR) is 64.3 cm³/mol. The van der Waals surface area contributed by atoms with Crippen LogP contribution in [-0.2, 0) is 4.79 Å². The van der Waals surface area contributed by atoms with E-state index in [1.807, 2.05) is 0 Å². The lowest BCUT2D eigenvalue weighted by atomic mass is 10.1. The predicted octanol–water partition coefficient (Wildman–Crippen LogP) is 0.341. The van der Waals surface area contributed by atoms with Crippen LogP contribution in [-0.4, -0.2) is 49.6 Å². The number of likely N-dealkylation sites (tertiary alicyclic amines) is 1. The van der Waals surface area contributed by atoms with Gasteiger partial charge in [-0.1, -0.05) is 6.42 Å². The number of nitrogens with zero attached hydrogens (tertiary/aromatic N) is 1. The maximum absolute atomic E-state index is 11.7. The zero-order chi connectivity index (χ0) is 11.2. The summed E-state index contributed by atoms with van der Waals surface area (Å²) in [6.45, 7) is 5.22. The van der Waals surface area contributed by atoms with Crippen LogP contribution in [0.5, 0.6) is 0 Å². The molecule has 2 fully saturated rings. The van der Waals surface area contributed by atoms with E-state index in [0.29, 0.717) is 0 Å². The molecule has 4 nitrogen and oxygen atoms in total. The van der Waals surface area contributed by atoms with Gasteiger partial charge >= 0.3 is 0 Å². The van der Waals surface area contributed by atoms with Gasteiger partial charge in [-0.05, 0) is 45.3 Å². The number of rotatable bonds is 4. The second kappa shape index (κ2) is 6.21. The van der Waals surface area contributed by atoms with E-state index >= 15 is 0 Å². The van der Waals surface area contributed by atoms with Crippen LogP contribution in [0.3, 0.4) is 0 Å². The van der Waals surface area contributed by atoms with Crippen molar-refractivity contribution in [1.29, 1.82) is 0 Å². The van der Waals surface area contributed by atoms with E-state index in [1.165, 1.54) is 32.4 Å². The second-order valence-electron chi connectivity index (χ2n) is 4.84. The molecule has 2 N–H and O–H groups in total. The third-order valence-corrected chi connectivity index (χ3v) is 3.55. The highest BCUT2D eigenvalue weighted by molar-refractivity contribution is 5.81. The average Bonchev–Trinajstić information content (AvgIpc) is 2.84. The number of hydrogen-bond donors (Lipinski definition) is 2. The normalized spacial score (nSPS) is 26.9. The van der Waals surface area contributed by atoms with Crippen LogP contribution < -0.4 is 10.6 Å². The minimum atomic E-state index is 0.0707. The first-order valence-corrected chi connectivity index (χ1v) is 6.60. The largest absolute Gasteiger partial charge is 0.353 e. The summed E-state index contributed by atoms with van der Waals surface area (Å²) in [5.41, 5.74) is 0. The van der Waals surface area contributed by atoms with Gasteiger partial charge in [0.25, 0.3) is 0 Å². The first-order chi connectivity index (χ1) is 7.86. The Kier molecular flexibility index (Phi) is 4.60. The van der Waals surface area contributed by atoms with Crippen LogP contribution in [0.25, 0.3) is 0 Å². The van der Waals surface area contributed by atoms with Crippen LogP contribution in [0, 0.1) is 0 Å². The summed E-state index contributed by atoms with van der Waals surface area (Å²) in [6.07, 6.45) is 6.13. The summed E-state index contributed by atoms with van der Waals surface area (Å²) >= 11 is 0. The molecule has 0 aliphatic carbocycles. The Morgan fingerprint density at radius 2 is 2.06 bits per heavy atom. The van der Waals surface area contributed by atoms with E-state index in [4.69, 9.17) is 0 Å². The molecule has 0 radical (unpaired) electrons. The Morgan fingerprint density at radius 1 is 1.25 bits per heavy atom. The monoisotopic (exact) mass is 225 g/mol. The molecule has 0 aromatic heterocycles. The van der Waals surface area contributed by atoms with Crippen molar-refractivity contribution in [3.05, 3.63) is 0 Å². The van der Waals surface area contributed by atoms with Gasteiger partial charge in [-0.2, -0.15) is 0 Å². The summed E-state index contributed by atoms with van der Waals surface area (Å²) in [5, 5.41) is 6.25. The molecule has 1 unspecified atom stereocenters. The van der Waals surface area contributed by atoms with Gasteiger partial charge in [-0.25, -0.2) is 0 Å². The Labute approximate surface area is 97.8 Å². The van der Waals surface area contributed by atoms with Crippen LogP contribution in [0.1, 0.15) is 32.1 Å². The molecule has 92 valence electrons. The van der Waals surface area contributed by atoms with E-state index in [2.05, 4.69) is 15.5 Å². The van der Waals surface area contributed by atoms with Gasteiger partial charge < -0.3 is 15.5 Å². The highest BCUT2D eigenvalue weighted by Gasteiger charge is 2.21. The van der Waals surface area contributed by atoms with Crippen molar-refractivity contribution in [2.24, 2.45) is 0 Å². The molecule has 0 aromatic carbocycles. The molecule has 0 spiro atoms. The smallest absolute Gasteiger partial charge is 0.237 e. The molecule has 4 heteroatoms. The highest BCUT2D eigenvalue weighted by atomic mass is 16.2. The molecule has 2 aliphatic rings. The quantitative estimate of drug-likeness (QED) is 0.725. The maximum atomic E-state index is 11.7. The van der Waals surface area contributed by atoms with Crippen molar-refractivity contribution < 1.29 is 4.79 Å². The van der Waals surface area contributed by atoms with Crippen molar-refractivity contribution in [2.45, 2.75) is 38.1 Å². The van der Waals surface area contributed by atoms with Gasteiger partial charge in [0, 0.05) is 13.1 Å². The van der Waals surface area contributed by atoms with Crippen molar-refractivity contribution in [3.8, 4) is 0 Å². The number of piperidine rings is 1. The second-order valence-corrected chi connectivity index (χ2v) is 4.84. The molecule has 1 amide bonds.